The third-order valence-electron chi connectivity index (χ3n) is 2.60. The minimum atomic E-state index is -0.137. The minimum absolute atomic E-state index is 0.00327. The second kappa shape index (κ2) is 7.50. The van der Waals surface area contributed by atoms with Gasteiger partial charge in [-0.1, -0.05) is 17.7 Å². The lowest BCUT2D eigenvalue weighted by Gasteiger charge is -2.22. The third kappa shape index (κ3) is 5.80. The maximum absolute atomic E-state index is 11.4. The first-order valence-electron chi connectivity index (χ1n) is 6.75. The Labute approximate surface area is 125 Å². The average molecular weight is 299 g/mol. The van der Waals surface area contributed by atoms with Crippen molar-refractivity contribution in [3.8, 4) is 5.75 Å². The van der Waals surface area contributed by atoms with Crippen molar-refractivity contribution >= 4 is 17.5 Å². The van der Waals surface area contributed by atoms with Crippen LogP contribution in [0.3, 0.4) is 0 Å². The van der Waals surface area contributed by atoms with Crippen LogP contribution < -0.4 is 15.4 Å². The molecular weight excluding hydrogens is 276 g/mol. The molecule has 4 nitrogen and oxygen atoms in total. The van der Waals surface area contributed by atoms with Gasteiger partial charge in [-0.05, 0) is 39.8 Å². The van der Waals surface area contributed by atoms with Crippen LogP contribution in [0, 0.1) is 0 Å². The van der Waals surface area contributed by atoms with E-state index in [1.54, 1.807) is 0 Å². The Morgan fingerprint density at radius 2 is 2.05 bits per heavy atom. The maximum Gasteiger partial charge on any atom is 0.257 e. The molecule has 112 valence electrons. The average Bonchev–Trinajstić information content (AvgIpc) is 2.34. The van der Waals surface area contributed by atoms with E-state index >= 15 is 0 Å². The molecule has 0 spiro atoms. The van der Waals surface area contributed by atoms with Crippen LogP contribution in [0.5, 0.6) is 5.75 Å². The molecule has 0 radical (unpaired) electrons. The quantitative estimate of drug-likeness (QED) is 0.849. The highest BCUT2D eigenvalue weighted by molar-refractivity contribution is 6.31. The largest absolute Gasteiger partial charge is 0.483 e. The molecule has 0 unspecified atom stereocenters. The first-order chi connectivity index (χ1) is 9.33. The summed E-state index contributed by atoms with van der Waals surface area (Å²) in [5.41, 5.74) is 0.851. The molecule has 5 heteroatoms. The molecule has 0 saturated heterocycles. The number of nitrogens with one attached hydrogen (secondary N) is 2. The second-order valence-corrected chi connectivity index (χ2v) is 5.97. The van der Waals surface area contributed by atoms with Crippen molar-refractivity contribution in [3.63, 3.8) is 0 Å². The Kier molecular flexibility index (Phi) is 6.30. The van der Waals surface area contributed by atoms with Gasteiger partial charge in [-0.15, -0.1) is 0 Å². The fourth-order valence-electron chi connectivity index (χ4n) is 1.59. The zero-order chi connectivity index (χ0) is 15.2. The van der Waals surface area contributed by atoms with Gasteiger partial charge in [0.15, 0.2) is 6.61 Å². The number of ether oxygens (including phenoxy) is 1. The van der Waals surface area contributed by atoms with Gasteiger partial charge in [0.25, 0.3) is 5.91 Å². The number of hydrogen-bond acceptors (Lipinski definition) is 3. The molecule has 0 bridgehead atoms. The summed E-state index contributed by atoms with van der Waals surface area (Å²) >= 11 is 6.21. The number of carbonyl (C=O) groups excluding carboxylic acids is 1. The van der Waals surface area contributed by atoms with Crippen LogP contribution in [-0.2, 0) is 11.3 Å². The lowest BCUT2D eigenvalue weighted by Crippen LogP contribution is -2.35. The Morgan fingerprint density at radius 3 is 2.65 bits per heavy atom. The summed E-state index contributed by atoms with van der Waals surface area (Å²) < 4.78 is 5.56. The van der Waals surface area contributed by atoms with Crippen LogP contribution in [0.15, 0.2) is 18.2 Å². The molecule has 0 aliphatic heterocycles. The number of benzene rings is 1. The number of carbonyl (C=O) groups is 1. The van der Waals surface area contributed by atoms with Gasteiger partial charge >= 0.3 is 0 Å². The molecular formula is C15H23ClN2O2. The molecule has 20 heavy (non-hydrogen) atoms. The third-order valence-corrected chi connectivity index (χ3v) is 2.96. The summed E-state index contributed by atoms with van der Waals surface area (Å²) in [7, 11) is 0. The van der Waals surface area contributed by atoms with Crippen molar-refractivity contribution in [1.82, 2.24) is 10.6 Å². The van der Waals surface area contributed by atoms with Gasteiger partial charge < -0.3 is 15.4 Å². The summed E-state index contributed by atoms with van der Waals surface area (Å²) in [5, 5.41) is 6.70. The lowest BCUT2D eigenvalue weighted by atomic mass is 10.1. The number of amides is 1. The van der Waals surface area contributed by atoms with Gasteiger partial charge in [0.05, 0.1) is 0 Å². The van der Waals surface area contributed by atoms with E-state index in [4.69, 9.17) is 16.3 Å². The van der Waals surface area contributed by atoms with Gasteiger partial charge in [-0.25, -0.2) is 0 Å². The molecule has 0 aliphatic rings. The van der Waals surface area contributed by atoms with Crippen molar-refractivity contribution in [3.05, 3.63) is 28.8 Å². The first-order valence-corrected chi connectivity index (χ1v) is 7.13. The molecule has 1 rings (SSSR count). The van der Waals surface area contributed by atoms with Gasteiger partial charge in [-0.2, -0.15) is 0 Å². The normalized spacial score (nSPS) is 11.2. The van der Waals surface area contributed by atoms with E-state index in [9.17, 15) is 4.79 Å². The van der Waals surface area contributed by atoms with Gasteiger partial charge in [-0.3, -0.25) is 4.79 Å². The summed E-state index contributed by atoms with van der Waals surface area (Å²) in [4.78, 5) is 11.4. The topological polar surface area (TPSA) is 50.4 Å². The van der Waals surface area contributed by atoms with Crippen LogP contribution in [0.2, 0.25) is 5.02 Å². The predicted molar refractivity (Wildman–Crippen MR) is 82.2 cm³/mol. The molecule has 0 heterocycles. The van der Waals surface area contributed by atoms with Crippen molar-refractivity contribution < 1.29 is 9.53 Å². The van der Waals surface area contributed by atoms with Crippen LogP contribution in [-0.4, -0.2) is 24.6 Å². The second-order valence-electron chi connectivity index (χ2n) is 5.56. The summed E-state index contributed by atoms with van der Waals surface area (Å²) in [6.07, 6.45) is 0. The Bertz CT molecular complexity index is 456. The Morgan fingerprint density at radius 1 is 1.35 bits per heavy atom. The number of rotatable bonds is 6. The zero-order valence-corrected chi connectivity index (χ0v) is 13.3. The van der Waals surface area contributed by atoms with Crippen molar-refractivity contribution in [1.29, 1.82) is 0 Å². The summed E-state index contributed by atoms with van der Waals surface area (Å²) in [6.45, 7) is 9.30. The van der Waals surface area contributed by atoms with Crippen molar-refractivity contribution in [2.75, 3.05) is 13.2 Å². The van der Waals surface area contributed by atoms with E-state index in [1.165, 1.54) is 0 Å². The van der Waals surface area contributed by atoms with Crippen LogP contribution >= 0.6 is 11.6 Å². The molecule has 0 atom stereocenters. The molecule has 2 N–H and O–H groups in total. The fourth-order valence-corrected chi connectivity index (χ4v) is 1.82. The maximum atomic E-state index is 11.4. The number of halogens is 1. The molecule has 0 aromatic heterocycles. The number of hydrogen-bond donors (Lipinski definition) is 2. The van der Waals surface area contributed by atoms with Crippen LogP contribution in [0.1, 0.15) is 33.3 Å². The Hall–Kier alpha value is -1.26. The summed E-state index contributed by atoms with van der Waals surface area (Å²) in [5.74, 6) is 0.503. The van der Waals surface area contributed by atoms with E-state index in [-0.39, 0.29) is 18.1 Å². The molecule has 0 saturated carbocycles. The monoisotopic (exact) mass is 298 g/mol. The fraction of sp³-hybridized carbons (Fsp3) is 0.533. The van der Waals surface area contributed by atoms with Crippen molar-refractivity contribution in [2.24, 2.45) is 0 Å². The smallest absolute Gasteiger partial charge is 0.257 e. The molecule has 1 aromatic carbocycles. The first kappa shape index (κ1) is 16.8. The van der Waals surface area contributed by atoms with Gasteiger partial charge in [0.1, 0.15) is 5.75 Å². The standard InChI is InChI=1S/C15H23ClN2O2/c1-5-17-14(19)10-20-13-8-6-7-12(16)11(13)9-18-15(2,3)4/h6-8,18H,5,9-10H2,1-4H3,(H,17,19). The predicted octanol–water partition coefficient (Wildman–Crippen LogP) is 2.74. The lowest BCUT2D eigenvalue weighted by molar-refractivity contribution is -0.122. The SMILES string of the molecule is CCNC(=O)COc1cccc(Cl)c1CNC(C)(C)C. The molecule has 0 aliphatic carbocycles. The van der Waals surface area contributed by atoms with E-state index in [0.29, 0.717) is 23.9 Å². The number of likely N-dealkylation sites (N-methyl/N-ethyl adjacent to an activating group) is 1. The minimum Gasteiger partial charge on any atom is -0.483 e. The van der Waals surface area contributed by atoms with Crippen LogP contribution in [0.25, 0.3) is 0 Å². The molecule has 0 fully saturated rings. The Balaban J connectivity index is 2.75. The molecule has 1 amide bonds. The van der Waals surface area contributed by atoms with E-state index in [0.717, 1.165) is 5.56 Å². The van der Waals surface area contributed by atoms with Gasteiger partial charge in [0.2, 0.25) is 0 Å². The highest BCUT2D eigenvalue weighted by Crippen LogP contribution is 2.26. The molecule has 1 aromatic rings. The zero-order valence-electron chi connectivity index (χ0n) is 12.5. The highest BCUT2D eigenvalue weighted by Gasteiger charge is 2.14. The van der Waals surface area contributed by atoms with E-state index in [1.807, 2.05) is 25.1 Å². The van der Waals surface area contributed by atoms with E-state index < -0.39 is 0 Å². The van der Waals surface area contributed by atoms with Crippen molar-refractivity contribution in [2.45, 2.75) is 39.8 Å². The van der Waals surface area contributed by atoms with E-state index in [2.05, 4.69) is 31.4 Å². The van der Waals surface area contributed by atoms with Crippen LogP contribution in [0.4, 0.5) is 0 Å². The summed E-state index contributed by atoms with van der Waals surface area (Å²) in [6, 6.07) is 5.46. The highest BCUT2D eigenvalue weighted by atomic mass is 35.5. The van der Waals surface area contributed by atoms with Gasteiger partial charge in [0, 0.05) is 29.2 Å².